The zero-order valence-electron chi connectivity index (χ0n) is 10.8. The van der Waals surface area contributed by atoms with Crippen LogP contribution in [0.2, 0.25) is 5.02 Å². The molecule has 2 rings (SSSR count). The van der Waals surface area contributed by atoms with Crippen LogP contribution in [0.1, 0.15) is 13.3 Å². The van der Waals surface area contributed by atoms with E-state index in [-0.39, 0.29) is 0 Å². The summed E-state index contributed by atoms with van der Waals surface area (Å²) in [7, 11) is 0. The Morgan fingerprint density at radius 3 is 3.05 bits per heavy atom. The van der Waals surface area contributed by atoms with Crippen molar-refractivity contribution in [2.24, 2.45) is 0 Å². The van der Waals surface area contributed by atoms with Gasteiger partial charge in [-0.25, -0.2) is 9.67 Å². The van der Waals surface area contributed by atoms with E-state index in [0.717, 1.165) is 24.3 Å². The third kappa shape index (κ3) is 4.14. The van der Waals surface area contributed by atoms with Gasteiger partial charge in [0.05, 0.1) is 11.4 Å². The van der Waals surface area contributed by atoms with Gasteiger partial charge in [-0.2, -0.15) is 16.9 Å². The van der Waals surface area contributed by atoms with Gasteiger partial charge in [-0.1, -0.05) is 18.5 Å². The monoisotopic (exact) mass is 296 g/mol. The molecule has 0 aliphatic heterocycles. The minimum Gasteiger partial charge on any atom is -0.383 e. The van der Waals surface area contributed by atoms with E-state index in [4.69, 9.17) is 11.6 Å². The molecular weight excluding hydrogens is 280 g/mol. The molecule has 2 aromatic rings. The van der Waals surface area contributed by atoms with Gasteiger partial charge in [-0.15, -0.1) is 0 Å². The highest BCUT2D eigenvalue weighted by Gasteiger charge is 2.05. The molecule has 1 aromatic carbocycles. The summed E-state index contributed by atoms with van der Waals surface area (Å²) < 4.78 is 1.74. The maximum Gasteiger partial charge on any atom is 0.138 e. The number of anilines is 1. The average Bonchev–Trinajstić information content (AvgIpc) is 2.92. The van der Waals surface area contributed by atoms with Crippen LogP contribution in [0, 0.1) is 0 Å². The SMILES string of the molecule is CCSCCCNc1cc(Cl)ccc1-n1cncn1. The number of nitrogens with one attached hydrogen (secondary N) is 1. The van der Waals surface area contributed by atoms with E-state index in [9.17, 15) is 0 Å². The first-order valence-electron chi connectivity index (χ1n) is 6.27. The maximum absolute atomic E-state index is 6.05. The molecule has 0 unspecified atom stereocenters. The molecule has 0 bridgehead atoms. The fourth-order valence-electron chi connectivity index (χ4n) is 1.72. The molecule has 102 valence electrons. The van der Waals surface area contributed by atoms with E-state index >= 15 is 0 Å². The van der Waals surface area contributed by atoms with Gasteiger partial charge in [-0.3, -0.25) is 0 Å². The zero-order chi connectivity index (χ0) is 13.5. The van der Waals surface area contributed by atoms with Crippen LogP contribution in [0.25, 0.3) is 5.69 Å². The van der Waals surface area contributed by atoms with Gasteiger partial charge in [0.1, 0.15) is 12.7 Å². The summed E-state index contributed by atoms with van der Waals surface area (Å²) in [4.78, 5) is 3.97. The molecule has 0 fully saturated rings. The van der Waals surface area contributed by atoms with E-state index in [0.29, 0.717) is 5.02 Å². The van der Waals surface area contributed by atoms with Gasteiger partial charge in [0.25, 0.3) is 0 Å². The Bertz CT molecular complexity index is 501. The van der Waals surface area contributed by atoms with Crippen molar-refractivity contribution < 1.29 is 0 Å². The molecule has 19 heavy (non-hydrogen) atoms. The van der Waals surface area contributed by atoms with Crippen LogP contribution in [-0.2, 0) is 0 Å². The van der Waals surface area contributed by atoms with Gasteiger partial charge in [0.2, 0.25) is 0 Å². The molecule has 4 nitrogen and oxygen atoms in total. The summed E-state index contributed by atoms with van der Waals surface area (Å²) >= 11 is 8.01. The van der Waals surface area contributed by atoms with Crippen molar-refractivity contribution in [3.63, 3.8) is 0 Å². The molecule has 0 radical (unpaired) electrons. The van der Waals surface area contributed by atoms with Crippen LogP contribution >= 0.6 is 23.4 Å². The number of benzene rings is 1. The first-order chi connectivity index (χ1) is 9.31. The second-order valence-corrected chi connectivity index (χ2v) is 5.81. The lowest BCUT2D eigenvalue weighted by atomic mass is 10.2. The Morgan fingerprint density at radius 1 is 1.42 bits per heavy atom. The van der Waals surface area contributed by atoms with Crippen molar-refractivity contribution in [1.29, 1.82) is 0 Å². The third-order valence-electron chi connectivity index (χ3n) is 2.61. The zero-order valence-corrected chi connectivity index (χ0v) is 12.4. The normalized spacial score (nSPS) is 10.6. The number of nitrogens with zero attached hydrogens (tertiary/aromatic N) is 3. The van der Waals surface area contributed by atoms with Crippen LogP contribution in [0.4, 0.5) is 5.69 Å². The topological polar surface area (TPSA) is 42.7 Å². The second kappa shape index (κ2) is 7.40. The molecule has 1 aromatic heterocycles. The third-order valence-corrected chi connectivity index (χ3v) is 3.83. The van der Waals surface area contributed by atoms with Gasteiger partial charge < -0.3 is 5.32 Å². The van der Waals surface area contributed by atoms with Crippen LogP contribution in [0.5, 0.6) is 0 Å². The first kappa shape index (κ1) is 14.2. The number of hydrogen-bond acceptors (Lipinski definition) is 4. The molecule has 0 amide bonds. The van der Waals surface area contributed by atoms with Gasteiger partial charge >= 0.3 is 0 Å². The highest BCUT2D eigenvalue weighted by Crippen LogP contribution is 2.23. The van der Waals surface area contributed by atoms with Gasteiger partial charge in [0, 0.05) is 11.6 Å². The van der Waals surface area contributed by atoms with Crippen molar-refractivity contribution in [1.82, 2.24) is 14.8 Å². The molecule has 0 atom stereocenters. The highest BCUT2D eigenvalue weighted by atomic mass is 35.5. The highest BCUT2D eigenvalue weighted by molar-refractivity contribution is 7.99. The molecule has 0 saturated heterocycles. The molecule has 0 saturated carbocycles. The number of rotatable bonds is 7. The summed E-state index contributed by atoms with van der Waals surface area (Å²) in [6.45, 7) is 3.10. The number of halogens is 1. The minimum atomic E-state index is 0.717. The Balaban J connectivity index is 2.04. The fourth-order valence-corrected chi connectivity index (χ4v) is 2.53. The molecule has 0 aliphatic rings. The van der Waals surface area contributed by atoms with Crippen LogP contribution in [0.15, 0.2) is 30.9 Å². The van der Waals surface area contributed by atoms with Crippen LogP contribution in [0.3, 0.4) is 0 Å². The van der Waals surface area contributed by atoms with Crippen LogP contribution in [-0.4, -0.2) is 32.8 Å². The lowest BCUT2D eigenvalue weighted by molar-refractivity contribution is 0.875. The molecule has 0 spiro atoms. The summed E-state index contributed by atoms with van der Waals surface area (Å²) in [6.07, 6.45) is 4.33. The number of hydrogen-bond donors (Lipinski definition) is 1. The summed E-state index contributed by atoms with van der Waals surface area (Å²) in [5, 5.41) is 8.28. The lowest BCUT2D eigenvalue weighted by Crippen LogP contribution is -2.07. The smallest absolute Gasteiger partial charge is 0.138 e. The summed E-state index contributed by atoms with van der Waals surface area (Å²) in [5.41, 5.74) is 1.95. The summed E-state index contributed by atoms with van der Waals surface area (Å²) in [6, 6.07) is 5.72. The maximum atomic E-state index is 6.05. The summed E-state index contributed by atoms with van der Waals surface area (Å²) in [5.74, 6) is 2.34. The van der Waals surface area contributed by atoms with Crippen molar-refractivity contribution >= 4 is 29.1 Å². The fraction of sp³-hybridized carbons (Fsp3) is 0.385. The van der Waals surface area contributed by atoms with Gasteiger partial charge in [-0.05, 0) is 36.1 Å². The molecular formula is C13H17ClN4S. The van der Waals surface area contributed by atoms with Gasteiger partial charge in [0.15, 0.2) is 0 Å². The molecule has 1 N–H and O–H groups in total. The lowest BCUT2D eigenvalue weighted by Gasteiger charge is -2.12. The number of thioether (sulfide) groups is 1. The largest absolute Gasteiger partial charge is 0.383 e. The predicted octanol–water partition coefficient (Wildman–Crippen LogP) is 3.48. The standard InChI is InChI=1S/C13H17ClN4S/c1-2-19-7-3-6-16-12-8-11(14)4-5-13(12)18-10-15-9-17-18/h4-5,8-10,16H,2-3,6-7H2,1H3. The second-order valence-electron chi connectivity index (χ2n) is 3.98. The minimum absolute atomic E-state index is 0.717. The van der Waals surface area contributed by atoms with E-state index < -0.39 is 0 Å². The Kier molecular flexibility index (Phi) is 5.54. The molecule has 6 heteroatoms. The van der Waals surface area contributed by atoms with Crippen molar-refractivity contribution in [2.75, 3.05) is 23.4 Å². The van der Waals surface area contributed by atoms with E-state index in [1.807, 2.05) is 30.0 Å². The van der Waals surface area contributed by atoms with E-state index in [1.165, 1.54) is 17.8 Å². The molecule has 0 aliphatic carbocycles. The Labute approximate surface area is 122 Å². The van der Waals surface area contributed by atoms with E-state index in [2.05, 4.69) is 22.3 Å². The van der Waals surface area contributed by atoms with Crippen molar-refractivity contribution in [3.8, 4) is 5.69 Å². The average molecular weight is 297 g/mol. The van der Waals surface area contributed by atoms with Crippen molar-refractivity contribution in [3.05, 3.63) is 35.9 Å². The first-order valence-corrected chi connectivity index (χ1v) is 7.80. The predicted molar refractivity (Wildman–Crippen MR) is 82.5 cm³/mol. The quantitative estimate of drug-likeness (QED) is 0.795. The van der Waals surface area contributed by atoms with Crippen molar-refractivity contribution in [2.45, 2.75) is 13.3 Å². The number of aromatic nitrogens is 3. The molecule has 1 heterocycles. The van der Waals surface area contributed by atoms with Crippen LogP contribution < -0.4 is 5.32 Å². The Hall–Kier alpha value is -1.20. The Morgan fingerprint density at radius 2 is 2.32 bits per heavy atom. The van der Waals surface area contributed by atoms with E-state index in [1.54, 1.807) is 11.0 Å².